The van der Waals surface area contributed by atoms with E-state index in [4.69, 9.17) is 0 Å². The molecule has 1 aromatic carbocycles. The Kier molecular flexibility index (Phi) is 3.62. The zero-order valence-corrected chi connectivity index (χ0v) is 10.2. The number of hydrogen-bond donors (Lipinski definition) is 2. The summed E-state index contributed by atoms with van der Waals surface area (Å²) < 4.78 is 0. The third kappa shape index (κ3) is 2.63. The zero-order valence-electron chi connectivity index (χ0n) is 10.2. The molecule has 88 valence electrons. The van der Waals surface area contributed by atoms with Gasteiger partial charge in [-0.25, -0.2) is 0 Å². The predicted octanol–water partition coefficient (Wildman–Crippen LogP) is 2.34. The number of nitrogens with one attached hydrogen (secondary N) is 1. The van der Waals surface area contributed by atoms with Crippen LogP contribution in [0, 0.1) is 6.92 Å². The van der Waals surface area contributed by atoms with Gasteiger partial charge < -0.3 is 10.4 Å². The van der Waals surface area contributed by atoms with Gasteiger partial charge in [-0.3, -0.25) is 0 Å². The minimum absolute atomic E-state index is 0.268. The van der Waals surface area contributed by atoms with Gasteiger partial charge in [-0.2, -0.15) is 0 Å². The molecule has 2 N–H and O–H groups in total. The first-order chi connectivity index (χ1) is 7.66. The van der Waals surface area contributed by atoms with Crippen molar-refractivity contribution in [1.82, 2.24) is 5.32 Å². The van der Waals surface area contributed by atoms with Crippen LogP contribution in [0.5, 0.6) is 0 Å². The second-order valence-corrected chi connectivity index (χ2v) is 4.90. The second kappa shape index (κ2) is 4.98. The quantitative estimate of drug-likeness (QED) is 0.818. The smallest absolute Gasteiger partial charge is 0.0636 e. The highest BCUT2D eigenvalue weighted by atomic mass is 16.3. The third-order valence-electron chi connectivity index (χ3n) is 3.28. The summed E-state index contributed by atoms with van der Waals surface area (Å²) in [6.45, 7) is 4.64. The van der Waals surface area contributed by atoms with E-state index in [0.717, 1.165) is 0 Å². The van der Waals surface area contributed by atoms with Crippen LogP contribution in [0.25, 0.3) is 0 Å². The van der Waals surface area contributed by atoms with Gasteiger partial charge in [-0.1, -0.05) is 23.8 Å². The summed E-state index contributed by atoms with van der Waals surface area (Å²) in [5.41, 5.74) is 4.23. The second-order valence-electron chi connectivity index (χ2n) is 4.90. The molecule has 0 aromatic heterocycles. The Bertz CT molecular complexity index is 360. The molecule has 1 aliphatic carbocycles. The summed E-state index contributed by atoms with van der Waals surface area (Å²) in [6, 6.07) is 7.16. The molecule has 2 rings (SSSR count). The van der Waals surface area contributed by atoms with Gasteiger partial charge in [0.15, 0.2) is 0 Å². The summed E-state index contributed by atoms with van der Waals surface area (Å²) >= 11 is 0. The fourth-order valence-electron chi connectivity index (χ4n) is 2.44. The van der Waals surface area contributed by atoms with Crippen LogP contribution in [-0.2, 0) is 6.42 Å². The maximum Gasteiger partial charge on any atom is 0.0636 e. The standard InChI is InChI=1S/C14H21NO/c1-10-6-7-12-4-3-5-14(13(12)8-10)15-9-11(2)16/h6-8,11,14-16H,3-5,9H2,1-2H3/t11-,14?/m1/s1. The van der Waals surface area contributed by atoms with Crippen molar-refractivity contribution in [2.75, 3.05) is 6.54 Å². The van der Waals surface area contributed by atoms with Crippen molar-refractivity contribution in [3.8, 4) is 0 Å². The molecule has 0 radical (unpaired) electrons. The van der Waals surface area contributed by atoms with Crippen molar-refractivity contribution < 1.29 is 5.11 Å². The highest BCUT2D eigenvalue weighted by Gasteiger charge is 2.19. The van der Waals surface area contributed by atoms with Gasteiger partial charge >= 0.3 is 0 Å². The molecule has 0 saturated carbocycles. The lowest BCUT2D eigenvalue weighted by molar-refractivity contribution is 0.184. The van der Waals surface area contributed by atoms with Gasteiger partial charge in [0, 0.05) is 12.6 Å². The van der Waals surface area contributed by atoms with E-state index in [0.29, 0.717) is 12.6 Å². The first-order valence-corrected chi connectivity index (χ1v) is 6.17. The van der Waals surface area contributed by atoms with Crippen LogP contribution >= 0.6 is 0 Å². The van der Waals surface area contributed by atoms with Gasteiger partial charge in [0.2, 0.25) is 0 Å². The molecule has 1 aliphatic rings. The summed E-state index contributed by atoms with van der Waals surface area (Å²) in [5.74, 6) is 0. The Hall–Kier alpha value is -0.860. The van der Waals surface area contributed by atoms with E-state index >= 15 is 0 Å². The van der Waals surface area contributed by atoms with Gasteiger partial charge in [0.25, 0.3) is 0 Å². The van der Waals surface area contributed by atoms with Crippen LogP contribution in [0.1, 0.15) is 42.5 Å². The lowest BCUT2D eigenvalue weighted by Gasteiger charge is -2.27. The molecule has 0 aliphatic heterocycles. The van der Waals surface area contributed by atoms with E-state index in [1.165, 1.54) is 36.0 Å². The molecule has 2 nitrogen and oxygen atoms in total. The molecular weight excluding hydrogens is 198 g/mol. The zero-order chi connectivity index (χ0) is 11.5. The highest BCUT2D eigenvalue weighted by Crippen LogP contribution is 2.30. The van der Waals surface area contributed by atoms with Crippen molar-refractivity contribution in [3.63, 3.8) is 0 Å². The monoisotopic (exact) mass is 219 g/mol. The van der Waals surface area contributed by atoms with Crippen molar-refractivity contribution in [1.29, 1.82) is 0 Å². The minimum Gasteiger partial charge on any atom is -0.392 e. The van der Waals surface area contributed by atoms with Crippen LogP contribution in [0.15, 0.2) is 18.2 Å². The summed E-state index contributed by atoms with van der Waals surface area (Å²) in [6.07, 6.45) is 3.36. The third-order valence-corrected chi connectivity index (χ3v) is 3.28. The Labute approximate surface area is 97.7 Å². The number of rotatable bonds is 3. The van der Waals surface area contributed by atoms with Gasteiger partial charge in [-0.05, 0) is 44.2 Å². The Morgan fingerprint density at radius 3 is 3.06 bits per heavy atom. The molecule has 0 spiro atoms. The minimum atomic E-state index is -0.268. The molecule has 2 atom stereocenters. The maximum atomic E-state index is 9.32. The summed E-state index contributed by atoms with van der Waals surface area (Å²) in [4.78, 5) is 0. The van der Waals surface area contributed by atoms with E-state index in [1.807, 2.05) is 6.92 Å². The maximum absolute atomic E-state index is 9.32. The summed E-state index contributed by atoms with van der Waals surface area (Å²) in [5, 5.41) is 12.8. The number of benzene rings is 1. The number of aliphatic hydroxyl groups excluding tert-OH is 1. The van der Waals surface area contributed by atoms with Crippen LogP contribution in [0.2, 0.25) is 0 Å². The first-order valence-electron chi connectivity index (χ1n) is 6.17. The molecule has 1 aromatic rings. The van der Waals surface area contributed by atoms with Crippen LogP contribution in [-0.4, -0.2) is 17.8 Å². The van der Waals surface area contributed by atoms with Crippen molar-refractivity contribution in [2.24, 2.45) is 0 Å². The Balaban J connectivity index is 2.15. The fraction of sp³-hybridized carbons (Fsp3) is 0.571. The SMILES string of the molecule is Cc1ccc2c(c1)C(NC[C@@H](C)O)CCC2. The van der Waals surface area contributed by atoms with E-state index < -0.39 is 0 Å². The van der Waals surface area contributed by atoms with Crippen molar-refractivity contribution in [2.45, 2.75) is 45.3 Å². The lowest BCUT2D eigenvalue weighted by atomic mass is 9.86. The number of aryl methyl sites for hydroxylation is 2. The molecular formula is C14H21NO. The van der Waals surface area contributed by atoms with E-state index in [9.17, 15) is 5.11 Å². The van der Waals surface area contributed by atoms with Gasteiger partial charge in [0.05, 0.1) is 6.10 Å². The molecule has 0 bridgehead atoms. The van der Waals surface area contributed by atoms with Crippen LogP contribution in [0.4, 0.5) is 0 Å². The normalized spacial score (nSPS) is 21.6. The van der Waals surface area contributed by atoms with E-state index in [2.05, 4.69) is 30.4 Å². The molecule has 0 fully saturated rings. The molecule has 0 saturated heterocycles. The molecule has 2 heteroatoms. The summed E-state index contributed by atoms with van der Waals surface area (Å²) in [7, 11) is 0. The van der Waals surface area contributed by atoms with Crippen molar-refractivity contribution >= 4 is 0 Å². The number of aliphatic hydroxyl groups is 1. The van der Waals surface area contributed by atoms with Crippen LogP contribution < -0.4 is 5.32 Å². The van der Waals surface area contributed by atoms with E-state index in [1.54, 1.807) is 0 Å². The van der Waals surface area contributed by atoms with Gasteiger partial charge in [-0.15, -0.1) is 0 Å². The largest absolute Gasteiger partial charge is 0.392 e. The number of hydrogen-bond acceptors (Lipinski definition) is 2. The average molecular weight is 219 g/mol. The van der Waals surface area contributed by atoms with Crippen molar-refractivity contribution in [3.05, 3.63) is 34.9 Å². The number of fused-ring (bicyclic) bond motifs is 1. The highest BCUT2D eigenvalue weighted by molar-refractivity contribution is 5.35. The topological polar surface area (TPSA) is 32.3 Å². The molecule has 0 amide bonds. The Morgan fingerprint density at radius 1 is 1.50 bits per heavy atom. The predicted molar refractivity (Wildman–Crippen MR) is 66.5 cm³/mol. The first kappa shape index (κ1) is 11.6. The average Bonchev–Trinajstić information content (AvgIpc) is 2.26. The fourth-order valence-corrected chi connectivity index (χ4v) is 2.44. The Morgan fingerprint density at radius 2 is 2.31 bits per heavy atom. The van der Waals surface area contributed by atoms with Crippen LogP contribution in [0.3, 0.4) is 0 Å². The molecule has 1 unspecified atom stereocenters. The van der Waals surface area contributed by atoms with Gasteiger partial charge in [0.1, 0.15) is 0 Å². The lowest BCUT2D eigenvalue weighted by Crippen LogP contribution is -2.31. The molecule has 16 heavy (non-hydrogen) atoms. The van der Waals surface area contributed by atoms with E-state index in [-0.39, 0.29) is 6.10 Å². The molecule has 0 heterocycles.